The lowest BCUT2D eigenvalue weighted by atomic mass is 10.2. The van der Waals surface area contributed by atoms with Gasteiger partial charge in [-0.1, -0.05) is 0 Å². The lowest BCUT2D eigenvalue weighted by Gasteiger charge is -1.96. The minimum atomic E-state index is -0.178. The van der Waals surface area contributed by atoms with E-state index in [1.165, 1.54) is 12.3 Å². The average molecular weight is 171 g/mol. The van der Waals surface area contributed by atoms with Crippen LogP contribution in [0, 0.1) is 11.3 Å². The van der Waals surface area contributed by atoms with Crippen LogP contribution in [0.3, 0.4) is 0 Å². The molecule has 2 rings (SSSR count). The van der Waals surface area contributed by atoms with Gasteiger partial charge in [-0.3, -0.25) is 4.79 Å². The highest BCUT2D eigenvalue weighted by Gasteiger charge is 2.00. The van der Waals surface area contributed by atoms with Crippen molar-refractivity contribution in [3.63, 3.8) is 0 Å². The molecular formula is C9H5N3O. The van der Waals surface area contributed by atoms with Gasteiger partial charge in [0.2, 0.25) is 5.56 Å². The number of rotatable bonds is 0. The number of pyridine rings is 2. The number of H-pyrrole nitrogens is 1. The van der Waals surface area contributed by atoms with Crippen LogP contribution in [0.2, 0.25) is 0 Å². The number of fused-ring (bicyclic) bond motifs is 1. The Bertz CT molecular complexity index is 551. The summed E-state index contributed by atoms with van der Waals surface area (Å²) in [7, 11) is 0. The fourth-order valence-corrected chi connectivity index (χ4v) is 1.17. The maximum Gasteiger partial charge on any atom is 0.248 e. The van der Waals surface area contributed by atoms with E-state index in [0.717, 1.165) is 0 Å². The number of hydrogen-bond donors (Lipinski definition) is 1. The zero-order chi connectivity index (χ0) is 9.26. The third kappa shape index (κ3) is 1.16. The van der Waals surface area contributed by atoms with E-state index < -0.39 is 0 Å². The molecule has 0 aliphatic rings. The molecule has 2 heterocycles. The summed E-state index contributed by atoms with van der Waals surface area (Å²) in [5, 5.41) is 9.37. The number of nitrogens with zero attached hydrogens (tertiary/aromatic N) is 2. The third-order valence-corrected chi connectivity index (χ3v) is 1.76. The predicted octanol–water partition coefficient (Wildman–Crippen LogP) is 0.795. The maximum absolute atomic E-state index is 10.9. The molecule has 0 atom stereocenters. The normalized spacial score (nSPS) is 9.77. The molecule has 4 nitrogen and oxygen atoms in total. The standard InChI is InChI=1S/C9H5N3O/c10-5-8-6-1-2-9(13)12-7(6)3-4-11-8/h1-4H,(H,12,13). The Labute approximate surface area is 73.5 Å². The monoisotopic (exact) mass is 171 g/mol. The number of aromatic nitrogens is 2. The molecule has 2 aromatic rings. The third-order valence-electron chi connectivity index (χ3n) is 1.76. The summed E-state index contributed by atoms with van der Waals surface area (Å²) in [5.41, 5.74) is 0.787. The topological polar surface area (TPSA) is 69.5 Å². The molecule has 62 valence electrons. The SMILES string of the molecule is N#Cc1nccc2[nH]c(=O)ccc12. The molecule has 1 N–H and O–H groups in total. The molecule has 0 saturated heterocycles. The summed E-state index contributed by atoms with van der Waals surface area (Å²) in [4.78, 5) is 17.4. The second-order valence-corrected chi connectivity index (χ2v) is 2.56. The molecule has 0 unspecified atom stereocenters. The number of nitriles is 1. The summed E-state index contributed by atoms with van der Waals surface area (Å²) in [6, 6.07) is 6.60. The minimum Gasteiger partial charge on any atom is -0.322 e. The van der Waals surface area contributed by atoms with E-state index in [1.54, 1.807) is 12.1 Å². The summed E-state index contributed by atoms with van der Waals surface area (Å²) in [5.74, 6) is 0. The molecule has 4 heteroatoms. The van der Waals surface area contributed by atoms with E-state index in [0.29, 0.717) is 16.6 Å². The Morgan fingerprint density at radius 3 is 3.00 bits per heavy atom. The summed E-state index contributed by atoms with van der Waals surface area (Å²) < 4.78 is 0. The first kappa shape index (κ1) is 7.50. The van der Waals surface area contributed by atoms with Crippen molar-refractivity contribution in [3.05, 3.63) is 40.4 Å². The van der Waals surface area contributed by atoms with Gasteiger partial charge in [0.25, 0.3) is 0 Å². The molecule has 0 aromatic carbocycles. The van der Waals surface area contributed by atoms with Crippen molar-refractivity contribution in [2.75, 3.05) is 0 Å². The first-order chi connectivity index (χ1) is 6.31. The number of nitrogens with one attached hydrogen (secondary N) is 1. The van der Waals surface area contributed by atoms with Crippen molar-refractivity contribution < 1.29 is 0 Å². The summed E-state index contributed by atoms with van der Waals surface area (Å²) in [6.07, 6.45) is 1.50. The van der Waals surface area contributed by atoms with Gasteiger partial charge in [0.1, 0.15) is 11.8 Å². The van der Waals surface area contributed by atoms with Crippen LogP contribution >= 0.6 is 0 Å². The summed E-state index contributed by atoms with van der Waals surface area (Å²) in [6.45, 7) is 0. The summed E-state index contributed by atoms with van der Waals surface area (Å²) >= 11 is 0. The largest absolute Gasteiger partial charge is 0.322 e. The Balaban J connectivity index is 2.95. The molecule has 0 aliphatic heterocycles. The first-order valence-corrected chi connectivity index (χ1v) is 3.69. The van der Waals surface area contributed by atoms with E-state index in [1.807, 2.05) is 6.07 Å². The zero-order valence-corrected chi connectivity index (χ0v) is 6.61. The molecular weight excluding hydrogens is 166 g/mol. The van der Waals surface area contributed by atoms with Crippen LogP contribution in [0.25, 0.3) is 10.9 Å². The average Bonchev–Trinajstić information content (AvgIpc) is 2.16. The highest BCUT2D eigenvalue weighted by molar-refractivity contribution is 5.82. The molecule has 13 heavy (non-hydrogen) atoms. The molecule has 0 amide bonds. The highest BCUT2D eigenvalue weighted by Crippen LogP contribution is 2.10. The van der Waals surface area contributed by atoms with Crippen LogP contribution in [-0.4, -0.2) is 9.97 Å². The molecule has 2 aromatic heterocycles. The van der Waals surface area contributed by atoms with Gasteiger partial charge in [-0.2, -0.15) is 5.26 Å². The van der Waals surface area contributed by atoms with Gasteiger partial charge >= 0.3 is 0 Å². The molecule has 0 saturated carbocycles. The van der Waals surface area contributed by atoms with Crippen molar-refractivity contribution in [3.8, 4) is 6.07 Å². The number of aromatic amines is 1. The fraction of sp³-hybridized carbons (Fsp3) is 0. The zero-order valence-electron chi connectivity index (χ0n) is 6.61. The fourth-order valence-electron chi connectivity index (χ4n) is 1.17. The smallest absolute Gasteiger partial charge is 0.248 e. The Morgan fingerprint density at radius 2 is 2.23 bits per heavy atom. The van der Waals surface area contributed by atoms with E-state index in [4.69, 9.17) is 5.26 Å². The van der Waals surface area contributed by atoms with Crippen molar-refractivity contribution in [1.29, 1.82) is 5.26 Å². The first-order valence-electron chi connectivity index (χ1n) is 3.69. The molecule has 0 radical (unpaired) electrons. The van der Waals surface area contributed by atoms with Crippen molar-refractivity contribution in [1.82, 2.24) is 9.97 Å². The maximum atomic E-state index is 10.9. The van der Waals surface area contributed by atoms with Crippen molar-refractivity contribution in [2.45, 2.75) is 0 Å². The van der Waals surface area contributed by atoms with Crippen LogP contribution < -0.4 is 5.56 Å². The van der Waals surface area contributed by atoms with Gasteiger partial charge in [-0.15, -0.1) is 0 Å². The van der Waals surface area contributed by atoms with E-state index in [2.05, 4.69) is 9.97 Å². The van der Waals surface area contributed by atoms with Gasteiger partial charge in [-0.05, 0) is 12.1 Å². The molecule has 0 spiro atoms. The quantitative estimate of drug-likeness (QED) is 0.637. The molecule has 0 fully saturated rings. The Kier molecular flexibility index (Phi) is 1.57. The minimum absolute atomic E-state index is 0.178. The van der Waals surface area contributed by atoms with Crippen molar-refractivity contribution >= 4 is 10.9 Å². The highest BCUT2D eigenvalue weighted by atomic mass is 16.1. The molecule has 0 aliphatic carbocycles. The van der Waals surface area contributed by atoms with E-state index in [9.17, 15) is 4.79 Å². The van der Waals surface area contributed by atoms with E-state index >= 15 is 0 Å². The van der Waals surface area contributed by atoms with Crippen LogP contribution in [0.4, 0.5) is 0 Å². The van der Waals surface area contributed by atoms with Gasteiger partial charge in [-0.25, -0.2) is 4.98 Å². The molecule has 0 bridgehead atoms. The van der Waals surface area contributed by atoms with Gasteiger partial charge in [0.05, 0.1) is 5.52 Å². The van der Waals surface area contributed by atoms with Crippen molar-refractivity contribution in [2.24, 2.45) is 0 Å². The Morgan fingerprint density at radius 1 is 1.38 bits per heavy atom. The second-order valence-electron chi connectivity index (χ2n) is 2.56. The lowest BCUT2D eigenvalue weighted by Crippen LogP contribution is -2.03. The predicted molar refractivity (Wildman–Crippen MR) is 47.1 cm³/mol. The van der Waals surface area contributed by atoms with Gasteiger partial charge in [0.15, 0.2) is 0 Å². The van der Waals surface area contributed by atoms with Crippen LogP contribution in [-0.2, 0) is 0 Å². The van der Waals surface area contributed by atoms with Gasteiger partial charge in [0, 0.05) is 17.6 Å². The Hall–Kier alpha value is -2.15. The van der Waals surface area contributed by atoms with Gasteiger partial charge < -0.3 is 4.98 Å². The van der Waals surface area contributed by atoms with Crippen LogP contribution in [0.5, 0.6) is 0 Å². The number of hydrogen-bond acceptors (Lipinski definition) is 3. The van der Waals surface area contributed by atoms with Crippen LogP contribution in [0.15, 0.2) is 29.2 Å². The lowest BCUT2D eigenvalue weighted by molar-refractivity contribution is 1.25. The second kappa shape index (κ2) is 2.72. The van der Waals surface area contributed by atoms with Crippen LogP contribution in [0.1, 0.15) is 5.69 Å². The van der Waals surface area contributed by atoms with E-state index in [-0.39, 0.29) is 5.56 Å².